The van der Waals surface area contributed by atoms with E-state index in [0.717, 1.165) is 5.52 Å². The Hall–Kier alpha value is -2.02. The average molecular weight is 284 g/mol. The molecule has 1 aromatic heterocycles. The summed E-state index contributed by atoms with van der Waals surface area (Å²) in [6.45, 7) is 0. The summed E-state index contributed by atoms with van der Waals surface area (Å²) in [6, 6.07) is 7.01. The molecular formula is C13H11F3N2O2. The SMILES string of the molecule is O=C1N[C@](O)(C(F)(F)F)C[C@@H]1c1c[nH]c2ccccc12. The van der Waals surface area contributed by atoms with Crippen LogP contribution in [-0.4, -0.2) is 27.9 Å². The summed E-state index contributed by atoms with van der Waals surface area (Å²) in [5.74, 6) is -1.85. The number of carbonyl (C=O) groups is 1. The lowest BCUT2D eigenvalue weighted by Gasteiger charge is -2.25. The third kappa shape index (κ3) is 1.77. The van der Waals surface area contributed by atoms with Crippen LogP contribution in [0.25, 0.3) is 10.9 Å². The van der Waals surface area contributed by atoms with E-state index in [4.69, 9.17) is 0 Å². The highest BCUT2D eigenvalue weighted by molar-refractivity contribution is 5.93. The Morgan fingerprint density at radius 2 is 2.00 bits per heavy atom. The Balaban J connectivity index is 2.02. The van der Waals surface area contributed by atoms with Crippen LogP contribution in [0.1, 0.15) is 17.9 Å². The van der Waals surface area contributed by atoms with E-state index < -0.39 is 30.1 Å². The van der Waals surface area contributed by atoms with E-state index >= 15 is 0 Å². The zero-order chi connectivity index (χ0) is 14.5. The topological polar surface area (TPSA) is 65.1 Å². The average Bonchev–Trinajstić information content (AvgIpc) is 2.90. The highest BCUT2D eigenvalue weighted by Gasteiger charge is 2.61. The summed E-state index contributed by atoms with van der Waals surface area (Å²) in [4.78, 5) is 14.7. The summed E-state index contributed by atoms with van der Waals surface area (Å²) in [7, 11) is 0. The van der Waals surface area contributed by atoms with Crippen LogP contribution >= 0.6 is 0 Å². The van der Waals surface area contributed by atoms with Crippen molar-refractivity contribution in [3.63, 3.8) is 0 Å². The molecule has 2 atom stereocenters. The lowest BCUT2D eigenvalue weighted by atomic mass is 9.94. The van der Waals surface area contributed by atoms with E-state index in [1.165, 1.54) is 6.20 Å². The van der Waals surface area contributed by atoms with Gasteiger partial charge in [-0.05, 0) is 11.6 Å². The molecule has 1 aromatic carbocycles. The van der Waals surface area contributed by atoms with Crippen LogP contribution in [0.15, 0.2) is 30.5 Å². The molecule has 0 bridgehead atoms. The molecule has 1 amide bonds. The van der Waals surface area contributed by atoms with Gasteiger partial charge in [-0.3, -0.25) is 4.79 Å². The number of fused-ring (bicyclic) bond motifs is 1. The van der Waals surface area contributed by atoms with Crippen molar-refractivity contribution >= 4 is 16.8 Å². The van der Waals surface area contributed by atoms with Crippen LogP contribution in [0, 0.1) is 0 Å². The highest BCUT2D eigenvalue weighted by atomic mass is 19.4. The minimum atomic E-state index is -4.90. The van der Waals surface area contributed by atoms with E-state index in [2.05, 4.69) is 4.98 Å². The third-order valence-corrected chi connectivity index (χ3v) is 3.61. The Morgan fingerprint density at radius 3 is 2.65 bits per heavy atom. The number of rotatable bonds is 1. The van der Waals surface area contributed by atoms with Gasteiger partial charge in [0.1, 0.15) is 0 Å². The molecule has 2 aromatic rings. The van der Waals surface area contributed by atoms with Gasteiger partial charge < -0.3 is 15.4 Å². The molecule has 1 aliphatic rings. The van der Waals surface area contributed by atoms with Crippen molar-refractivity contribution in [2.75, 3.05) is 0 Å². The van der Waals surface area contributed by atoms with E-state index in [1.807, 2.05) is 0 Å². The zero-order valence-electron chi connectivity index (χ0n) is 10.2. The number of alkyl halides is 3. The van der Waals surface area contributed by atoms with E-state index in [1.54, 1.807) is 29.6 Å². The van der Waals surface area contributed by atoms with Gasteiger partial charge in [-0.1, -0.05) is 18.2 Å². The maximum atomic E-state index is 12.8. The molecule has 106 valence electrons. The fourth-order valence-corrected chi connectivity index (χ4v) is 2.55. The molecule has 0 saturated carbocycles. The van der Waals surface area contributed by atoms with Gasteiger partial charge in [0, 0.05) is 23.5 Å². The number of hydrogen-bond acceptors (Lipinski definition) is 2. The molecule has 3 N–H and O–H groups in total. The number of benzene rings is 1. The summed E-state index contributed by atoms with van der Waals surface area (Å²) in [5.41, 5.74) is -1.97. The molecule has 7 heteroatoms. The van der Waals surface area contributed by atoms with Crippen molar-refractivity contribution in [3.8, 4) is 0 Å². The maximum absolute atomic E-state index is 12.8. The second-order valence-electron chi connectivity index (χ2n) is 4.89. The number of aromatic amines is 1. The maximum Gasteiger partial charge on any atom is 0.436 e. The number of amides is 1. The number of hydrogen-bond donors (Lipinski definition) is 3. The number of aromatic nitrogens is 1. The van der Waals surface area contributed by atoms with Crippen molar-refractivity contribution in [3.05, 3.63) is 36.0 Å². The molecule has 2 heterocycles. The van der Waals surface area contributed by atoms with Gasteiger partial charge in [0.2, 0.25) is 11.6 Å². The van der Waals surface area contributed by atoms with Crippen molar-refractivity contribution in [1.29, 1.82) is 0 Å². The summed E-state index contributed by atoms with van der Waals surface area (Å²) < 4.78 is 38.3. The van der Waals surface area contributed by atoms with Crippen LogP contribution in [0.5, 0.6) is 0 Å². The first-order chi connectivity index (χ1) is 9.32. The summed E-state index contributed by atoms with van der Waals surface area (Å²) in [6.07, 6.45) is -4.11. The number of halogens is 3. The Labute approximate surface area is 111 Å². The van der Waals surface area contributed by atoms with E-state index in [0.29, 0.717) is 10.9 Å². The number of nitrogens with one attached hydrogen (secondary N) is 2. The molecule has 4 nitrogen and oxygen atoms in total. The van der Waals surface area contributed by atoms with Crippen molar-refractivity contribution in [2.24, 2.45) is 0 Å². The molecule has 0 radical (unpaired) electrons. The number of para-hydroxylation sites is 1. The van der Waals surface area contributed by atoms with Gasteiger partial charge in [-0.15, -0.1) is 0 Å². The second kappa shape index (κ2) is 3.99. The Morgan fingerprint density at radius 1 is 1.30 bits per heavy atom. The van der Waals surface area contributed by atoms with Gasteiger partial charge in [0.15, 0.2) is 0 Å². The predicted molar refractivity (Wildman–Crippen MR) is 64.8 cm³/mol. The Bertz CT molecular complexity index is 680. The number of carbonyl (C=O) groups excluding carboxylic acids is 1. The Kier molecular flexibility index (Phi) is 2.59. The third-order valence-electron chi connectivity index (χ3n) is 3.61. The van der Waals surface area contributed by atoms with Gasteiger partial charge >= 0.3 is 6.18 Å². The van der Waals surface area contributed by atoms with Crippen LogP contribution in [-0.2, 0) is 4.79 Å². The van der Waals surface area contributed by atoms with Crippen molar-refractivity contribution in [1.82, 2.24) is 10.3 Å². The van der Waals surface area contributed by atoms with E-state index in [9.17, 15) is 23.1 Å². The molecule has 1 aliphatic heterocycles. The first kappa shape index (κ1) is 13.0. The van der Waals surface area contributed by atoms with E-state index in [-0.39, 0.29) is 0 Å². The number of H-pyrrole nitrogens is 1. The lowest BCUT2D eigenvalue weighted by Crippen LogP contribution is -2.53. The minimum absolute atomic E-state index is 0.457. The normalized spacial score (nSPS) is 27.0. The molecule has 1 fully saturated rings. The van der Waals surface area contributed by atoms with Crippen LogP contribution in [0.3, 0.4) is 0 Å². The smallest absolute Gasteiger partial charge is 0.363 e. The monoisotopic (exact) mass is 284 g/mol. The molecule has 1 saturated heterocycles. The fraction of sp³-hybridized carbons (Fsp3) is 0.308. The van der Waals surface area contributed by atoms with Crippen molar-refractivity contribution < 1.29 is 23.1 Å². The molecule has 20 heavy (non-hydrogen) atoms. The summed E-state index contributed by atoms with van der Waals surface area (Å²) >= 11 is 0. The zero-order valence-corrected chi connectivity index (χ0v) is 10.2. The van der Waals surface area contributed by atoms with Crippen LogP contribution in [0.2, 0.25) is 0 Å². The summed E-state index contributed by atoms with van der Waals surface area (Å²) in [5, 5.41) is 11.9. The first-order valence-corrected chi connectivity index (χ1v) is 5.99. The van der Waals surface area contributed by atoms with Crippen LogP contribution in [0.4, 0.5) is 13.2 Å². The molecule has 3 rings (SSSR count). The standard InChI is InChI=1S/C13H11F3N2O2/c14-13(15,16)12(20)5-8(11(19)18-12)9-6-17-10-4-2-1-3-7(9)10/h1-4,6,8,17,20H,5H2,(H,18,19)/t8-,12-/m1/s1. The lowest BCUT2D eigenvalue weighted by molar-refractivity contribution is -0.266. The fourth-order valence-electron chi connectivity index (χ4n) is 2.55. The molecular weight excluding hydrogens is 273 g/mol. The van der Waals surface area contributed by atoms with Gasteiger partial charge in [-0.2, -0.15) is 13.2 Å². The second-order valence-corrected chi connectivity index (χ2v) is 4.89. The van der Waals surface area contributed by atoms with Gasteiger partial charge in [0.05, 0.1) is 5.92 Å². The van der Waals surface area contributed by atoms with Crippen LogP contribution < -0.4 is 5.32 Å². The molecule has 0 spiro atoms. The molecule has 0 unspecified atom stereocenters. The highest BCUT2D eigenvalue weighted by Crippen LogP contribution is 2.42. The van der Waals surface area contributed by atoms with Gasteiger partial charge in [0.25, 0.3) is 0 Å². The predicted octanol–water partition coefficient (Wildman–Crippen LogP) is 2.02. The largest absolute Gasteiger partial charge is 0.436 e. The minimum Gasteiger partial charge on any atom is -0.363 e. The number of aliphatic hydroxyl groups is 1. The first-order valence-electron chi connectivity index (χ1n) is 5.99. The van der Waals surface area contributed by atoms with Crippen molar-refractivity contribution in [2.45, 2.75) is 24.2 Å². The quantitative estimate of drug-likeness (QED) is 0.750. The van der Waals surface area contributed by atoms with Gasteiger partial charge in [-0.25, -0.2) is 0 Å². The molecule has 0 aliphatic carbocycles.